The quantitative estimate of drug-likeness (QED) is 0.512. The molecular formula is C24H19FN4O. The van der Waals surface area contributed by atoms with Crippen molar-refractivity contribution in [2.45, 2.75) is 13.8 Å². The fourth-order valence-corrected chi connectivity index (χ4v) is 3.04. The van der Waals surface area contributed by atoms with Crippen LogP contribution in [-0.2, 0) is 0 Å². The van der Waals surface area contributed by atoms with Crippen molar-refractivity contribution in [1.82, 2.24) is 15.0 Å². The number of benzene rings is 2. The summed E-state index contributed by atoms with van der Waals surface area (Å²) in [4.78, 5) is 26.1. The maximum absolute atomic E-state index is 14.1. The van der Waals surface area contributed by atoms with Gasteiger partial charge in [-0.1, -0.05) is 35.9 Å². The Balaban J connectivity index is 1.77. The van der Waals surface area contributed by atoms with Crippen LogP contribution in [-0.4, -0.2) is 20.9 Å². The third kappa shape index (κ3) is 4.07. The highest BCUT2D eigenvalue weighted by atomic mass is 19.1. The minimum atomic E-state index is -0.503. The van der Waals surface area contributed by atoms with Crippen LogP contribution >= 0.6 is 0 Å². The highest BCUT2D eigenvalue weighted by Gasteiger charge is 2.18. The van der Waals surface area contributed by atoms with Crippen LogP contribution in [0.15, 0.2) is 73.2 Å². The molecule has 2 heterocycles. The van der Waals surface area contributed by atoms with E-state index in [9.17, 15) is 9.18 Å². The lowest BCUT2D eigenvalue weighted by Crippen LogP contribution is -2.16. The van der Waals surface area contributed by atoms with Crippen LogP contribution in [0, 0.1) is 19.7 Å². The number of halogens is 1. The number of hydrogen-bond acceptors (Lipinski definition) is 4. The smallest absolute Gasteiger partial charge is 0.259 e. The molecule has 0 aliphatic rings. The van der Waals surface area contributed by atoms with Crippen LogP contribution in [0.4, 0.5) is 10.1 Å². The van der Waals surface area contributed by atoms with E-state index in [-0.39, 0.29) is 11.3 Å². The summed E-state index contributed by atoms with van der Waals surface area (Å²) in [5.41, 5.74) is 4.34. The van der Waals surface area contributed by atoms with Crippen molar-refractivity contribution < 1.29 is 9.18 Å². The van der Waals surface area contributed by atoms with Crippen LogP contribution in [0.1, 0.15) is 21.5 Å². The number of rotatable bonds is 4. The summed E-state index contributed by atoms with van der Waals surface area (Å²) in [5, 5.41) is 2.63. The molecule has 2 aromatic carbocycles. The molecule has 1 amide bonds. The zero-order valence-electron chi connectivity index (χ0n) is 16.6. The first-order valence-corrected chi connectivity index (χ1v) is 9.43. The average Bonchev–Trinajstić information content (AvgIpc) is 2.77. The van der Waals surface area contributed by atoms with Crippen molar-refractivity contribution in [3.05, 3.63) is 95.7 Å². The van der Waals surface area contributed by atoms with E-state index in [2.05, 4.69) is 20.3 Å². The molecule has 4 aromatic rings. The number of anilines is 1. The van der Waals surface area contributed by atoms with Crippen LogP contribution in [0.25, 0.3) is 22.6 Å². The molecule has 4 rings (SSSR count). The Labute approximate surface area is 173 Å². The van der Waals surface area contributed by atoms with Gasteiger partial charge < -0.3 is 5.32 Å². The number of nitrogens with zero attached hydrogens (tertiary/aromatic N) is 3. The zero-order valence-corrected chi connectivity index (χ0v) is 16.6. The third-order valence-corrected chi connectivity index (χ3v) is 4.67. The van der Waals surface area contributed by atoms with Crippen LogP contribution in [0.3, 0.4) is 0 Å². The fraction of sp³-hybridized carbons (Fsp3) is 0.0833. The summed E-state index contributed by atoms with van der Waals surface area (Å²) in [5.74, 6) is -0.488. The maximum Gasteiger partial charge on any atom is 0.259 e. The topological polar surface area (TPSA) is 67.8 Å². The Kier molecular flexibility index (Phi) is 5.30. The van der Waals surface area contributed by atoms with E-state index >= 15 is 0 Å². The molecular weight excluding hydrogens is 379 g/mol. The highest BCUT2D eigenvalue weighted by Crippen LogP contribution is 2.26. The second kappa shape index (κ2) is 8.21. The fourth-order valence-electron chi connectivity index (χ4n) is 3.04. The van der Waals surface area contributed by atoms with Crippen LogP contribution < -0.4 is 5.32 Å². The minimum absolute atomic E-state index is 0.114. The Bertz CT molecular complexity index is 1210. The molecule has 5 nitrogen and oxygen atoms in total. The first-order chi connectivity index (χ1) is 14.5. The zero-order chi connectivity index (χ0) is 21.1. The maximum atomic E-state index is 14.1. The van der Waals surface area contributed by atoms with Crippen molar-refractivity contribution >= 4 is 11.6 Å². The number of nitrogens with one attached hydrogen (secondary N) is 1. The van der Waals surface area contributed by atoms with Crippen LogP contribution in [0.5, 0.6) is 0 Å². The molecule has 0 unspecified atom stereocenters. The predicted molar refractivity (Wildman–Crippen MR) is 115 cm³/mol. The van der Waals surface area contributed by atoms with Gasteiger partial charge in [0.25, 0.3) is 5.91 Å². The number of amides is 1. The van der Waals surface area contributed by atoms with Gasteiger partial charge in [0.05, 0.1) is 16.9 Å². The second-order valence-electron chi connectivity index (χ2n) is 7.00. The van der Waals surface area contributed by atoms with E-state index in [1.807, 2.05) is 38.1 Å². The van der Waals surface area contributed by atoms with Crippen molar-refractivity contribution in [3.63, 3.8) is 0 Å². The van der Waals surface area contributed by atoms with Gasteiger partial charge in [0.2, 0.25) is 0 Å². The van der Waals surface area contributed by atoms with Crippen molar-refractivity contribution in [2.75, 3.05) is 5.32 Å². The molecule has 0 bridgehead atoms. The van der Waals surface area contributed by atoms with Gasteiger partial charge in [-0.2, -0.15) is 0 Å². The van der Waals surface area contributed by atoms with Gasteiger partial charge in [-0.25, -0.2) is 14.4 Å². The standard InChI is InChI=1S/C24H19FN4O/c1-15-3-6-18(7-4-15)23-27-14-19(22(29-23)17-9-11-26-12-10-17)24(30)28-21-13-16(2)5-8-20(21)25/h3-14H,1-2H3,(H,28,30). The number of carbonyl (C=O) groups is 1. The summed E-state index contributed by atoms with van der Waals surface area (Å²) >= 11 is 0. The number of hydrogen-bond donors (Lipinski definition) is 1. The Morgan fingerprint density at radius 1 is 0.900 bits per heavy atom. The molecule has 148 valence electrons. The van der Waals surface area contributed by atoms with Crippen molar-refractivity contribution in [3.8, 4) is 22.6 Å². The van der Waals surface area contributed by atoms with Crippen molar-refractivity contribution in [1.29, 1.82) is 0 Å². The summed E-state index contributed by atoms with van der Waals surface area (Å²) in [6.45, 7) is 3.84. The molecule has 1 N–H and O–H groups in total. The Hall–Kier alpha value is -3.93. The van der Waals surface area contributed by atoms with Crippen molar-refractivity contribution in [2.24, 2.45) is 0 Å². The molecule has 2 aromatic heterocycles. The number of aromatic nitrogens is 3. The molecule has 0 aliphatic carbocycles. The summed E-state index contributed by atoms with van der Waals surface area (Å²) < 4.78 is 14.1. The SMILES string of the molecule is Cc1ccc(-c2ncc(C(=O)Nc3cc(C)ccc3F)c(-c3ccncc3)n2)cc1. The average molecular weight is 398 g/mol. The normalized spacial score (nSPS) is 10.6. The summed E-state index contributed by atoms with van der Waals surface area (Å²) in [6.07, 6.45) is 4.73. The highest BCUT2D eigenvalue weighted by molar-refractivity contribution is 6.08. The molecule has 0 saturated heterocycles. The first kappa shape index (κ1) is 19.4. The van der Waals surface area contributed by atoms with E-state index < -0.39 is 11.7 Å². The van der Waals surface area contributed by atoms with E-state index in [0.29, 0.717) is 11.5 Å². The van der Waals surface area contributed by atoms with Gasteiger partial charge in [-0.3, -0.25) is 9.78 Å². The van der Waals surface area contributed by atoms with E-state index in [4.69, 9.17) is 0 Å². The molecule has 0 atom stereocenters. The van der Waals surface area contributed by atoms with Crippen LogP contribution in [0.2, 0.25) is 0 Å². The lowest BCUT2D eigenvalue weighted by molar-refractivity contribution is 0.102. The van der Waals surface area contributed by atoms with Gasteiger partial charge in [-0.05, 0) is 43.7 Å². The van der Waals surface area contributed by atoms with E-state index in [1.165, 1.54) is 12.3 Å². The molecule has 0 aliphatic heterocycles. The molecule has 0 saturated carbocycles. The molecule has 0 spiro atoms. The van der Waals surface area contributed by atoms with E-state index in [0.717, 1.165) is 22.3 Å². The molecule has 0 radical (unpaired) electrons. The Morgan fingerprint density at radius 3 is 2.33 bits per heavy atom. The van der Waals surface area contributed by atoms with Gasteiger partial charge in [0.1, 0.15) is 5.82 Å². The summed E-state index contributed by atoms with van der Waals surface area (Å²) in [7, 11) is 0. The largest absolute Gasteiger partial charge is 0.319 e. The van der Waals surface area contributed by atoms with Gasteiger partial charge >= 0.3 is 0 Å². The molecule has 0 fully saturated rings. The van der Waals surface area contributed by atoms with E-state index in [1.54, 1.807) is 36.7 Å². The summed E-state index contributed by atoms with van der Waals surface area (Å²) in [6, 6.07) is 15.9. The lowest BCUT2D eigenvalue weighted by Gasteiger charge is -2.12. The number of pyridine rings is 1. The third-order valence-electron chi connectivity index (χ3n) is 4.67. The van der Waals surface area contributed by atoms with Gasteiger partial charge in [0.15, 0.2) is 5.82 Å². The number of carbonyl (C=O) groups excluding carboxylic acids is 1. The van der Waals surface area contributed by atoms with Gasteiger partial charge in [-0.15, -0.1) is 0 Å². The molecule has 6 heteroatoms. The monoisotopic (exact) mass is 398 g/mol. The molecule has 30 heavy (non-hydrogen) atoms. The van der Waals surface area contributed by atoms with Gasteiger partial charge in [0, 0.05) is 29.7 Å². The minimum Gasteiger partial charge on any atom is -0.319 e. The second-order valence-corrected chi connectivity index (χ2v) is 7.00. The predicted octanol–water partition coefficient (Wildman–Crippen LogP) is 5.21. The number of aryl methyl sites for hydroxylation is 2. The lowest BCUT2D eigenvalue weighted by atomic mass is 10.1. The Morgan fingerprint density at radius 2 is 1.60 bits per heavy atom. The first-order valence-electron chi connectivity index (χ1n) is 9.43.